The topological polar surface area (TPSA) is 52.9 Å². The lowest BCUT2D eigenvalue weighted by atomic mass is 10.0. The van der Waals surface area contributed by atoms with E-state index < -0.39 is 5.91 Å². The first-order valence-corrected chi connectivity index (χ1v) is 10.2. The molecule has 3 nitrogen and oxygen atoms in total. The number of hydrogen-bond acceptors (Lipinski definition) is 2. The molecule has 0 aliphatic rings. The highest BCUT2D eigenvalue weighted by atomic mass is 79.9. The number of anilines is 1. The van der Waals surface area contributed by atoms with Gasteiger partial charge in [-0.25, -0.2) is 0 Å². The van der Waals surface area contributed by atoms with Gasteiger partial charge in [-0.05, 0) is 53.5 Å². The van der Waals surface area contributed by atoms with Crippen LogP contribution < -0.4 is 5.32 Å². The lowest BCUT2D eigenvalue weighted by Crippen LogP contribution is -2.13. The van der Waals surface area contributed by atoms with Crippen molar-refractivity contribution in [1.82, 2.24) is 0 Å². The highest BCUT2D eigenvalue weighted by molar-refractivity contribution is 9.10. The van der Waals surface area contributed by atoms with Crippen LogP contribution in [0.2, 0.25) is 0 Å². The van der Waals surface area contributed by atoms with Gasteiger partial charge < -0.3 is 5.32 Å². The van der Waals surface area contributed by atoms with Crippen molar-refractivity contribution in [1.29, 1.82) is 5.26 Å². The summed E-state index contributed by atoms with van der Waals surface area (Å²) in [5, 5.41) is 12.1. The largest absolute Gasteiger partial charge is 0.321 e. The molecule has 3 aromatic rings. The molecule has 1 amide bonds. The van der Waals surface area contributed by atoms with E-state index in [-0.39, 0.29) is 5.57 Å². The summed E-state index contributed by atoms with van der Waals surface area (Å²) in [6.07, 6.45) is 2.36. The fraction of sp³-hybridized carbons (Fsp3) is 0.0435. The van der Waals surface area contributed by atoms with E-state index in [0.29, 0.717) is 5.69 Å². The Bertz CT molecular complexity index is 1070. The maximum atomic E-state index is 12.4. The summed E-state index contributed by atoms with van der Waals surface area (Å²) in [7, 11) is 0. The predicted octanol–water partition coefficient (Wildman–Crippen LogP) is 6.35. The van der Waals surface area contributed by atoms with Crippen molar-refractivity contribution >= 4 is 49.5 Å². The molecule has 5 heteroatoms. The zero-order valence-corrected chi connectivity index (χ0v) is 18.0. The fourth-order valence-electron chi connectivity index (χ4n) is 2.68. The minimum absolute atomic E-state index is 0.0503. The van der Waals surface area contributed by atoms with Crippen LogP contribution in [0.5, 0.6) is 0 Å². The normalized spacial score (nSPS) is 11.0. The Morgan fingerprint density at radius 1 is 0.929 bits per heavy atom. The third-order valence-electron chi connectivity index (χ3n) is 4.12. The Balaban J connectivity index is 1.79. The van der Waals surface area contributed by atoms with Crippen LogP contribution in [0.1, 0.15) is 16.7 Å². The maximum Gasteiger partial charge on any atom is 0.266 e. The zero-order chi connectivity index (χ0) is 19.9. The zero-order valence-electron chi connectivity index (χ0n) is 14.8. The van der Waals surface area contributed by atoms with Crippen LogP contribution in [0.15, 0.2) is 87.3 Å². The van der Waals surface area contributed by atoms with Crippen LogP contribution in [0.25, 0.3) is 6.08 Å². The van der Waals surface area contributed by atoms with Gasteiger partial charge in [0.25, 0.3) is 5.91 Å². The summed E-state index contributed by atoms with van der Waals surface area (Å²) in [4.78, 5) is 12.4. The number of halogens is 2. The molecule has 0 bridgehead atoms. The average molecular weight is 496 g/mol. The molecule has 0 fully saturated rings. The lowest BCUT2D eigenvalue weighted by Gasteiger charge is -2.08. The van der Waals surface area contributed by atoms with Crippen LogP contribution in [0, 0.1) is 11.3 Å². The first-order chi connectivity index (χ1) is 13.6. The van der Waals surface area contributed by atoms with Crippen molar-refractivity contribution < 1.29 is 4.79 Å². The molecule has 0 spiro atoms. The third-order valence-corrected chi connectivity index (χ3v) is 5.64. The summed E-state index contributed by atoms with van der Waals surface area (Å²) in [5.74, 6) is -0.429. The Labute approximate surface area is 181 Å². The van der Waals surface area contributed by atoms with Gasteiger partial charge in [-0.2, -0.15) is 5.26 Å². The molecule has 1 N–H and O–H groups in total. The summed E-state index contributed by atoms with van der Waals surface area (Å²) in [6, 6.07) is 25.0. The number of carbonyl (C=O) groups excluding carboxylic acids is 1. The smallest absolute Gasteiger partial charge is 0.266 e. The molecule has 0 unspecified atom stereocenters. The van der Waals surface area contributed by atoms with Gasteiger partial charge in [0, 0.05) is 14.6 Å². The van der Waals surface area contributed by atoms with Crippen LogP contribution in [-0.2, 0) is 11.2 Å². The Hall–Kier alpha value is -2.68. The first kappa shape index (κ1) is 20.1. The van der Waals surface area contributed by atoms with Crippen LogP contribution in [0.3, 0.4) is 0 Å². The first-order valence-electron chi connectivity index (χ1n) is 8.57. The second-order valence-corrected chi connectivity index (χ2v) is 7.82. The monoisotopic (exact) mass is 494 g/mol. The van der Waals surface area contributed by atoms with E-state index in [1.807, 2.05) is 60.7 Å². The molecule has 0 aliphatic carbocycles. The van der Waals surface area contributed by atoms with E-state index >= 15 is 0 Å². The maximum absolute atomic E-state index is 12.4. The fourth-order valence-corrected chi connectivity index (χ4v) is 3.64. The Morgan fingerprint density at radius 3 is 2.29 bits per heavy atom. The number of carbonyl (C=O) groups is 1. The highest BCUT2D eigenvalue weighted by Crippen LogP contribution is 2.26. The van der Waals surface area contributed by atoms with E-state index in [9.17, 15) is 10.1 Å². The van der Waals surface area contributed by atoms with Gasteiger partial charge in [0.05, 0.1) is 0 Å². The van der Waals surface area contributed by atoms with Gasteiger partial charge in [-0.15, -0.1) is 0 Å². The molecule has 0 heterocycles. The van der Waals surface area contributed by atoms with Crippen molar-refractivity contribution in [2.24, 2.45) is 0 Å². The standard InChI is InChI=1S/C23H16Br2N2O/c24-21-9-5-4-6-17(21)14-18-11-10-16(13-22(18)25)12-19(15-26)23(28)27-20-7-2-1-3-8-20/h1-13H,14H2,(H,27,28)/b19-12+. The number of para-hydroxylation sites is 1. The Morgan fingerprint density at radius 2 is 1.61 bits per heavy atom. The van der Waals surface area contributed by atoms with E-state index in [0.717, 1.165) is 26.5 Å². The van der Waals surface area contributed by atoms with Crippen molar-refractivity contribution in [3.8, 4) is 6.07 Å². The summed E-state index contributed by atoms with van der Waals surface area (Å²) >= 11 is 7.18. The van der Waals surface area contributed by atoms with Gasteiger partial charge in [0.2, 0.25) is 0 Å². The molecule has 3 rings (SSSR count). The molecular formula is C23H16Br2N2O. The molecule has 0 aromatic heterocycles. The molecular weight excluding hydrogens is 480 g/mol. The number of nitriles is 1. The number of amides is 1. The van der Waals surface area contributed by atoms with E-state index in [2.05, 4.69) is 43.2 Å². The molecule has 0 aliphatic heterocycles. The molecule has 28 heavy (non-hydrogen) atoms. The molecule has 138 valence electrons. The quantitative estimate of drug-likeness (QED) is 0.331. The number of nitrogens with zero attached hydrogens (tertiary/aromatic N) is 1. The van der Waals surface area contributed by atoms with Crippen LogP contribution in [-0.4, -0.2) is 5.91 Å². The molecule has 3 aromatic carbocycles. The van der Waals surface area contributed by atoms with E-state index in [4.69, 9.17) is 0 Å². The summed E-state index contributed by atoms with van der Waals surface area (Å²) < 4.78 is 1.99. The molecule has 0 radical (unpaired) electrons. The van der Waals surface area contributed by atoms with Gasteiger partial charge in [-0.1, -0.05) is 80.4 Å². The van der Waals surface area contributed by atoms with Crippen molar-refractivity contribution in [2.75, 3.05) is 5.32 Å². The molecule has 0 saturated heterocycles. The van der Waals surface area contributed by atoms with Crippen LogP contribution >= 0.6 is 31.9 Å². The second-order valence-electron chi connectivity index (χ2n) is 6.11. The average Bonchev–Trinajstić information content (AvgIpc) is 2.70. The van der Waals surface area contributed by atoms with Crippen molar-refractivity contribution in [3.63, 3.8) is 0 Å². The molecule has 0 atom stereocenters. The van der Waals surface area contributed by atoms with E-state index in [1.54, 1.807) is 18.2 Å². The number of benzene rings is 3. The van der Waals surface area contributed by atoms with Gasteiger partial charge >= 0.3 is 0 Å². The SMILES string of the molecule is N#C/C(=C\c1ccc(Cc2ccccc2Br)c(Br)c1)C(=O)Nc1ccccc1. The van der Waals surface area contributed by atoms with Crippen molar-refractivity contribution in [2.45, 2.75) is 6.42 Å². The van der Waals surface area contributed by atoms with Gasteiger partial charge in [-0.3, -0.25) is 4.79 Å². The third kappa shape index (κ3) is 5.19. The summed E-state index contributed by atoms with van der Waals surface area (Å²) in [5.41, 5.74) is 3.79. The second kappa shape index (κ2) is 9.50. The van der Waals surface area contributed by atoms with Crippen LogP contribution in [0.4, 0.5) is 5.69 Å². The van der Waals surface area contributed by atoms with E-state index in [1.165, 1.54) is 5.56 Å². The minimum atomic E-state index is -0.429. The number of nitrogens with one attached hydrogen (secondary N) is 1. The highest BCUT2D eigenvalue weighted by Gasteiger charge is 2.10. The predicted molar refractivity (Wildman–Crippen MR) is 120 cm³/mol. The lowest BCUT2D eigenvalue weighted by molar-refractivity contribution is -0.112. The van der Waals surface area contributed by atoms with Gasteiger partial charge in [0.15, 0.2) is 0 Å². The number of rotatable bonds is 5. The Kier molecular flexibility index (Phi) is 6.80. The number of hydrogen-bond donors (Lipinski definition) is 1. The molecule has 0 saturated carbocycles. The van der Waals surface area contributed by atoms with Crippen molar-refractivity contribution in [3.05, 3.63) is 104 Å². The minimum Gasteiger partial charge on any atom is -0.321 e. The summed E-state index contributed by atoms with van der Waals surface area (Å²) in [6.45, 7) is 0. The van der Waals surface area contributed by atoms with Gasteiger partial charge in [0.1, 0.15) is 11.6 Å².